The normalized spacial score (nSPS) is 17.7. The van der Waals surface area contributed by atoms with Gasteiger partial charge in [-0.2, -0.15) is 4.98 Å². The number of carbonyl (C=O) groups is 3. The third kappa shape index (κ3) is 12.8. The molecule has 1 aromatic rings. The van der Waals surface area contributed by atoms with E-state index in [-0.39, 0.29) is 37.8 Å². The van der Waals surface area contributed by atoms with Crippen molar-refractivity contribution in [1.29, 1.82) is 0 Å². The Kier molecular flexibility index (Phi) is 12.2. The van der Waals surface area contributed by atoms with Crippen LogP contribution in [0.2, 0.25) is 0 Å². The average Bonchev–Trinajstić information content (AvgIpc) is 3.24. The highest BCUT2D eigenvalue weighted by Gasteiger charge is 2.29. The molecule has 1 fully saturated rings. The summed E-state index contributed by atoms with van der Waals surface area (Å²) in [5.41, 5.74) is -2.04. The lowest BCUT2D eigenvalue weighted by Crippen LogP contribution is -2.30. The van der Waals surface area contributed by atoms with Gasteiger partial charge in [0.05, 0.1) is 18.8 Å². The molecule has 1 aliphatic rings. The minimum atomic E-state index is -0.661. The van der Waals surface area contributed by atoms with E-state index in [1.54, 1.807) is 20.8 Å². The van der Waals surface area contributed by atoms with Gasteiger partial charge in [-0.25, -0.2) is 14.4 Å². The van der Waals surface area contributed by atoms with Crippen molar-refractivity contribution in [2.75, 3.05) is 50.7 Å². The predicted molar refractivity (Wildman–Crippen MR) is 138 cm³/mol. The summed E-state index contributed by atoms with van der Waals surface area (Å²) >= 11 is 1.36. The zero-order valence-corrected chi connectivity index (χ0v) is 23.5. The van der Waals surface area contributed by atoms with Gasteiger partial charge in [-0.3, -0.25) is 9.36 Å². The molecule has 1 amide bonds. The van der Waals surface area contributed by atoms with Gasteiger partial charge < -0.3 is 33.7 Å². The Morgan fingerprint density at radius 1 is 1.05 bits per heavy atom. The molecule has 1 aromatic heterocycles. The van der Waals surface area contributed by atoms with E-state index in [1.807, 2.05) is 20.8 Å². The molecule has 0 saturated carbocycles. The third-order valence-corrected chi connectivity index (χ3v) is 5.47. The highest BCUT2D eigenvalue weighted by atomic mass is 32.2. The van der Waals surface area contributed by atoms with Crippen molar-refractivity contribution in [2.24, 2.45) is 0 Å². The fourth-order valence-corrected chi connectivity index (χ4v) is 3.91. The molecule has 0 aliphatic carbocycles. The fraction of sp³-hybridized carbons (Fsp3) is 0.708. The molecule has 214 valence electrons. The van der Waals surface area contributed by atoms with Gasteiger partial charge in [-0.15, -0.1) is 11.8 Å². The van der Waals surface area contributed by atoms with Gasteiger partial charge in [0.2, 0.25) is 0 Å². The number of hydrogen-bond donors (Lipinski definition) is 1. The van der Waals surface area contributed by atoms with Crippen LogP contribution >= 0.6 is 11.8 Å². The lowest BCUT2D eigenvalue weighted by atomic mass is 10.2. The molecule has 2 atom stereocenters. The number of nitrogens with zero attached hydrogens (tertiary/aromatic N) is 2. The van der Waals surface area contributed by atoms with E-state index in [4.69, 9.17) is 28.4 Å². The maximum atomic E-state index is 12.5. The molecule has 0 bridgehead atoms. The van der Waals surface area contributed by atoms with Crippen LogP contribution < -0.4 is 11.0 Å². The van der Waals surface area contributed by atoms with E-state index in [0.29, 0.717) is 12.4 Å². The summed E-state index contributed by atoms with van der Waals surface area (Å²) in [6, 6.07) is 1.48. The lowest BCUT2D eigenvalue weighted by Gasteiger charge is -2.19. The van der Waals surface area contributed by atoms with Crippen LogP contribution in [0.25, 0.3) is 0 Å². The smallest absolute Gasteiger partial charge is 0.351 e. The van der Waals surface area contributed by atoms with Crippen LogP contribution in [0, 0.1) is 0 Å². The first-order valence-corrected chi connectivity index (χ1v) is 13.1. The zero-order chi connectivity index (χ0) is 28.3. The number of anilines is 1. The topological polar surface area (TPSA) is 154 Å². The molecule has 13 nitrogen and oxygen atoms in total. The van der Waals surface area contributed by atoms with Gasteiger partial charge >= 0.3 is 17.6 Å². The van der Waals surface area contributed by atoms with Gasteiger partial charge in [0.25, 0.3) is 5.91 Å². The molecule has 1 aliphatic heterocycles. The van der Waals surface area contributed by atoms with Crippen molar-refractivity contribution in [3.05, 3.63) is 22.7 Å². The van der Waals surface area contributed by atoms with E-state index in [1.165, 1.54) is 28.6 Å². The van der Waals surface area contributed by atoms with Crippen molar-refractivity contribution >= 4 is 35.4 Å². The number of hydrogen-bond acceptors (Lipinski definition) is 12. The second-order valence-electron chi connectivity index (χ2n) is 10.2. The van der Waals surface area contributed by atoms with Crippen LogP contribution in [0.4, 0.5) is 5.82 Å². The third-order valence-electron chi connectivity index (χ3n) is 4.38. The number of thioether (sulfide) groups is 1. The quantitative estimate of drug-likeness (QED) is 0.275. The fourth-order valence-electron chi connectivity index (χ4n) is 2.92. The van der Waals surface area contributed by atoms with Gasteiger partial charge in [0, 0.05) is 11.9 Å². The summed E-state index contributed by atoms with van der Waals surface area (Å²) in [6.45, 7) is 10.5. The van der Waals surface area contributed by atoms with Crippen LogP contribution in [-0.4, -0.2) is 89.4 Å². The summed E-state index contributed by atoms with van der Waals surface area (Å²) in [4.78, 5) is 51.8. The molecule has 38 heavy (non-hydrogen) atoms. The summed E-state index contributed by atoms with van der Waals surface area (Å²) in [5, 5.41) is 2.51. The standard InChI is InChI=1S/C24H37N3O10S/c1-23(2,3)35-10-9-32-11-17(28)25-16-7-8-27(22(31)26-16)18-15-38-21(36-18)14-34-19(29)12-33-13-20(30)37-24(4,5)6/h7-8,18,21H,9-15H2,1-6H3,(H,25,26,28,31)/t18-,21+/m1/s1. The Morgan fingerprint density at radius 3 is 2.42 bits per heavy atom. The molecular weight excluding hydrogens is 522 g/mol. The number of nitrogens with one attached hydrogen (secondary N) is 1. The molecular formula is C24H37N3O10S. The molecule has 0 aromatic carbocycles. The second kappa shape index (κ2) is 14.6. The van der Waals surface area contributed by atoms with E-state index < -0.39 is 47.4 Å². The molecule has 2 rings (SSSR count). The Bertz CT molecular complexity index is 1000. The second-order valence-corrected chi connectivity index (χ2v) is 11.4. The first-order chi connectivity index (χ1) is 17.7. The Balaban J connectivity index is 1.69. The number of amides is 1. The molecule has 0 unspecified atom stereocenters. The highest BCUT2D eigenvalue weighted by molar-refractivity contribution is 8.00. The Labute approximate surface area is 225 Å². The summed E-state index contributed by atoms with van der Waals surface area (Å²) in [6.07, 6.45) is 0.843. The van der Waals surface area contributed by atoms with E-state index in [0.717, 1.165) is 0 Å². The molecule has 1 N–H and O–H groups in total. The first-order valence-electron chi connectivity index (χ1n) is 12.0. The highest BCUT2D eigenvalue weighted by Crippen LogP contribution is 2.31. The maximum absolute atomic E-state index is 12.5. The summed E-state index contributed by atoms with van der Waals surface area (Å²) < 4.78 is 33.0. The molecule has 0 radical (unpaired) electrons. The maximum Gasteiger partial charge on any atom is 0.351 e. The minimum absolute atomic E-state index is 0.0626. The Hall–Kier alpha value is -2.52. The van der Waals surface area contributed by atoms with E-state index in [9.17, 15) is 19.2 Å². The van der Waals surface area contributed by atoms with Crippen molar-refractivity contribution in [3.8, 4) is 0 Å². The minimum Gasteiger partial charge on any atom is -0.460 e. The van der Waals surface area contributed by atoms with Crippen molar-refractivity contribution < 1.29 is 42.8 Å². The Morgan fingerprint density at radius 2 is 1.76 bits per heavy atom. The average molecular weight is 560 g/mol. The van der Waals surface area contributed by atoms with Gasteiger partial charge in [-0.1, -0.05) is 0 Å². The summed E-state index contributed by atoms with van der Waals surface area (Å²) in [7, 11) is 0. The van der Waals surface area contributed by atoms with Crippen LogP contribution in [0.5, 0.6) is 0 Å². The number of aromatic nitrogens is 2. The van der Waals surface area contributed by atoms with Crippen LogP contribution in [0.15, 0.2) is 17.1 Å². The monoisotopic (exact) mass is 559 g/mol. The van der Waals surface area contributed by atoms with Crippen LogP contribution in [0.1, 0.15) is 47.8 Å². The molecule has 1 saturated heterocycles. The van der Waals surface area contributed by atoms with Crippen molar-refractivity contribution in [3.63, 3.8) is 0 Å². The van der Waals surface area contributed by atoms with Gasteiger partial charge in [0.1, 0.15) is 49.5 Å². The number of esters is 2. The summed E-state index contributed by atoms with van der Waals surface area (Å²) in [5.74, 6) is -1.17. The van der Waals surface area contributed by atoms with Crippen LogP contribution in [-0.2, 0) is 42.8 Å². The van der Waals surface area contributed by atoms with Gasteiger partial charge in [0.15, 0.2) is 0 Å². The predicted octanol–water partition coefficient (Wildman–Crippen LogP) is 1.50. The van der Waals surface area contributed by atoms with Crippen molar-refractivity contribution in [1.82, 2.24) is 9.55 Å². The number of carbonyl (C=O) groups excluding carboxylic acids is 3. The zero-order valence-electron chi connectivity index (χ0n) is 22.6. The van der Waals surface area contributed by atoms with E-state index >= 15 is 0 Å². The number of rotatable bonds is 13. The lowest BCUT2D eigenvalue weighted by molar-refractivity contribution is -0.163. The van der Waals surface area contributed by atoms with Gasteiger partial charge in [-0.05, 0) is 47.6 Å². The SMILES string of the molecule is CC(C)(C)OCCOCC(=O)Nc1ccn([C@H]2CS[C@@H](COC(=O)COCC(=O)OC(C)(C)C)O2)c(=O)n1. The molecule has 0 spiro atoms. The molecule has 14 heteroatoms. The van der Waals surface area contributed by atoms with Crippen LogP contribution in [0.3, 0.4) is 0 Å². The first kappa shape index (κ1) is 31.7. The van der Waals surface area contributed by atoms with Crippen molar-refractivity contribution in [2.45, 2.75) is 64.4 Å². The number of ether oxygens (including phenoxy) is 6. The molecule has 2 heterocycles. The van der Waals surface area contributed by atoms with E-state index in [2.05, 4.69) is 10.3 Å². The largest absolute Gasteiger partial charge is 0.460 e.